The van der Waals surface area contributed by atoms with Gasteiger partial charge in [-0.1, -0.05) is 18.2 Å². The molecule has 128 valence electrons. The smallest absolute Gasteiger partial charge is 0.269 e. The predicted octanol–water partition coefficient (Wildman–Crippen LogP) is 2.43. The molecule has 2 aliphatic heterocycles. The van der Waals surface area contributed by atoms with Crippen molar-refractivity contribution in [2.24, 2.45) is 0 Å². The van der Waals surface area contributed by atoms with Crippen molar-refractivity contribution < 1.29 is 9.72 Å². The summed E-state index contributed by atoms with van der Waals surface area (Å²) in [6.07, 6.45) is 6.27. The molecule has 0 saturated carbocycles. The predicted molar refractivity (Wildman–Crippen MR) is 91.7 cm³/mol. The summed E-state index contributed by atoms with van der Waals surface area (Å²) in [5.41, 5.74) is 0.704. The van der Waals surface area contributed by atoms with Crippen LogP contribution in [0.3, 0.4) is 0 Å². The highest BCUT2D eigenvalue weighted by molar-refractivity contribution is 5.79. The number of nitro groups is 1. The third kappa shape index (κ3) is 3.64. The Balaban J connectivity index is 1.71. The van der Waals surface area contributed by atoms with Gasteiger partial charge in [-0.05, 0) is 31.2 Å². The Morgan fingerprint density at radius 2 is 2.08 bits per heavy atom. The molecular weight excluding hydrogens is 306 g/mol. The Kier molecular flexibility index (Phi) is 4.94. The van der Waals surface area contributed by atoms with Crippen molar-refractivity contribution in [3.63, 3.8) is 0 Å². The van der Waals surface area contributed by atoms with Gasteiger partial charge in [0.1, 0.15) is 0 Å². The number of nitrogens with one attached hydrogen (secondary N) is 1. The van der Waals surface area contributed by atoms with Gasteiger partial charge in [0.05, 0.1) is 11.3 Å². The average molecular weight is 329 g/mol. The van der Waals surface area contributed by atoms with Crippen LogP contribution in [0.15, 0.2) is 36.9 Å². The van der Waals surface area contributed by atoms with E-state index in [9.17, 15) is 14.9 Å². The summed E-state index contributed by atoms with van der Waals surface area (Å²) in [5, 5.41) is 14.5. The highest BCUT2D eigenvalue weighted by Crippen LogP contribution is 2.30. The molecule has 3 atom stereocenters. The van der Waals surface area contributed by atoms with Crippen molar-refractivity contribution >= 4 is 11.6 Å². The number of hydrogen-bond acceptors (Lipinski definition) is 4. The Morgan fingerprint density at radius 3 is 2.71 bits per heavy atom. The highest BCUT2D eigenvalue weighted by atomic mass is 16.6. The summed E-state index contributed by atoms with van der Waals surface area (Å²) in [5.74, 6) is 0.0155. The molecular formula is C18H23N3O3. The molecule has 0 aromatic heterocycles. The van der Waals surface area contributed by atoms with Gasteiger partial charge in [-0.25, -0.2) is 0 Å². The minimum atomic E-state index is -0.431. The number of non-ortho nitro benzene ring substituents is 1. The number of benzene rings is 1. The summed E-state index contributed by atoms with van der Waals surface area (Å²) < 4.78 is 0. The summed E-state index contributed by atoms with van der Waals surface area (Å²) in [4.78, 5) is 25.2. The van der Waals surface area contributed by atoms with E-state index in [1.807, 2.05) is 4.90 Å². The van der Waals surface area contributed by atoms with Crippen LogP contribution in [0.25, 0.3) is 0 Å². The van der Waals surface area contributed by atoms with Crippen molar-refractivity contribution in [3.05, 3.63) is 52.6 Å². The van der Waals surface area contributed by atoms with Gasteiger partial charge in [0.15, 0.2) is 0 Å². The number of nitro benzene ring substituents is 1. The highest BCUT2D eigenvalue weighted by Gasteiger charge is 2.37. The molecule has 3 rings (SSSR count). The number of nitrogens with zero attached hydrogens (tertiary/aromatic N) is 2. The van der Waals surface area contributed by atoms with Crippen LogP contribution < -0.4 is 5.32 Å². The maximum atomic E-state index is 12.8. The van der Waals surface area contributed by atoms with Crippen molar-refractivity contribution in [1.29, 1.82) is 0 Å². The van der Waals surface area contributed by atoms with Crippen molar-refractivity contribution in [3.8, 4) is 0 Å². The van der Waals surface area contributed by atoms with E-state index in [1.54, 1.807) is 18.2 Å². The van der Waals surface area contributed by atoms with E-state index >= 15 is 0 Å². The lowest BCUT2D eigenvalue weighted by Crippen LogP contribution is -2.50. The van der Waals surface area contributed by atoms with Crippen LogP contribution in [0.2, 0.25) is 0 Å². The zero-order chi connectivity index (χ0) is 17.1. The fourth-order valence-corrected chi connectivity index (χ4v) is 3.93. The summed E-state index contributed by atoms with van der Waals surface area (Å²) in [6.45, 7) is 4.30. The van der Waals surface area contributed by atoms with E-state index in [0.717, 1.165) is 12.8 Å². The molecule has 1 aromatic rings. The molecule has 6 nitrogen and oxygen atoms in total. The van der Waals surface area contributed by atoms with Crippen molar-refractivity contribution in [2.75, 3.05) is 6.54 Å². The third-order valence-electron chi connectivity index (χ3n) is 5.01. The third-order valence-corrected chi connectivity index (χ3v) is 5.01. The van der Waals surface area contributed by atoms with E-state index in [4.69, 9.17) is 0 Å². The number of hydrogen-bond donors (Lipinski definition) is 1. The number of rotatable bonds is 6. The van der Waals surface area contributed by atoms with Crippen LogP contribution >= 0.6 is 0 Å². The molecule has 2 bridgehead atoms. The van der Waals surface area contributed by atoms with E-state index < -0.39 is 4.92 Å². The fraction of sp³-hybridized carbons (Fsp3) is 0.500. The molecule has 1 N–H and O–H groups in total. The Labute approximate surface area is 141 Å². The zero-order valence-corrected chi connectivity index (χ0v) is 13.7. The summed E-state index contributed by atoms with van der Waals surface area (Å²) >= 11 is 0. The summed E-state index contributed by atoms with van der Waals surface area (Å²) in [7, 11) is 0. The monoisotopic (exact) mass is 329 g/mol. The second-order valence-corrected chi connectivity index (χ2v) is 6.70. The largest absolute Gasteiger partial charge is 0.336 e. The second-order valence-electron chi connectivity index (χ2n) is 6.70. The number of carbonyl (C=O) groups is 1. The van der Waals surface area contributed by atoms with Crippen LogP contribution in [0, 0.1) is 10.1 Å². The molecule has 6 heteroatoms. The maximum Gasteiger partial charge on any atom is 0.269 e. The molecule has 0 unspecified atom stereocenters. The number of carbonyl (C=O) groups excluding carboxylic acids is 1. The van der Waals surface area contributed by atoms with Gasteiger partial charge in [-0.15, -0.1) is 6.58 Å². The molecule has 0 spiro atoms. The molecule has 2 fully saturated rings. The zero-order valence-electron chi connectivity index (χ0n) is 13.7. The van der Waals surface area contributed by atoms with E-state index in [1.165, 1.54) is 25.0 Å². The molecule has 1 amide bonds. The molecule has 0 radical (unpaired) electrons. The quantitative estimate of drug-likeness (QED) is 0.494. The Bertz CT molecular complexity index is 634. The van der Waals surface area contributed by atoms with E-state index in [2.05, 4.69) is 11.9 Å². The van der Waals surface area contributed by atoms with Gasteiger partial charge >= 0.3 is 0 Å². The first-order valence-electron chi connectivity index (χ1n) is 8.46. The second kappa shape index (κ2) is 7.13. The molecule has 24 heavy (non-hydrogen) atoms. The lowest BCUT2D eigenvalue weighted by molar-refractivity contribution is -0.384. The Hall–Kier alpha value is -2.21. The van der Waals surface area contributed by atoms with Crippen LogP contribution in [0.1, 0.15) is 31.2 Å². The normalized spacial score (nSPS) is 25.2. The van der Waals surface area contributed by atoms with Gasteiger partial charge < -0.3 is 10.2 Å². The minimum Gasteiger partial charge on any atom is -0.336 e. The molecule has 0 aliphatic carbocycles. The van der Waals surface area contributed by atoms with Gasteiger partial charge in [-0.2, -0.15) is 0 Å². The first-order valence-corrected chi connectivity index (χ1v) is 8.46. The SMILES string of the molecule is C=CCN(C(=O)Cc1cccc([N+](=O)[O-])c1)[C@H]1C[C@H]2CC[C@@H](C1)N2. The lowest BCUT2D eigenvalue weighted by atomic mass is 9.97. The van der Waals surface area contributed by atoms with E-state index in [-0.39, 0.29) is 24.1 Å². The van der Waals surface area contributed by atoms with Crippen LogP contribution in [0.4, 0.5) is 5.69 Å². The van der Waals surface area contributed by atoms with E-state index in [0.29, 0.717) is 24.2 Å². The first kappa shape index (κ1) is 16.6. The maximum absolute atomic E-state index is 12.8. The first-order chi connectivity index (χ1) is 11.6. The average Bonchev–Trinajstić information content (AvgIpc) is 2.90. The molecule has 2 heterocycles. The van der Waals surface area contributed by atoms with Gasteiger partial charge in [-0.3, -0.25) is 14.9 Å². The lowest BCUT2D eigenvalue weighted by Gasteiger charge is -2.37. The van der Waals surface area contributed by atoms with Gasteiger partial charge in [0.25, 0.3) is 5.69 Å². The molecule has 2 saturated heterocycles. The molecule has 2 aliphatic rings. The number of piperidine rings is 1. The fourth-order valence-electron chi connectivity index (χ4n) is 3.93. The minimum absolute atomic E-state index is 0.0155. The Morgan fingerprint density at radius 1 is 1.38 bits per heavy atom. The van der Waals surface area contributed by atoms with Gasteiger partial charge in [0, 0.05) is 36.8 Å². The van der Waals surface area contributed by atoms with Crippen LogP contribution in [-0.2, 0) is 11.2 Å². The van der Waals surface area contributed by atoms with Crippen molar-refractivity contribution in [1.82, 2.24) is 10.2 Å². The topological polar surface area (TPSA) is 75.5 Å². The van der Waals surface area contributed by atoms with Crippen molar-refractivity contribution in [2.45, 2.75) is 50.2 Å². The van der Waals surface area contributed by atoms with Crippen LogP contribution in [0.5, 0.6) is 0 Å². The van der Waals surface area contributed by atoms with Gasteiger partial charge in [0.2, 0.25) is 5.91 Å². The number of fused-ring (bicyclic) bond motifs is 2. The summed E-state index contributed by atoms with van der Waals surface area (Å²) in [6, 6.07) is 7.56. The molecule has 1 aromatic carbocycles. The number of amides is 1. The van der Waals surface area contributed by atoms with Crippen LogP contribution in [-0.4, -0.2) is 40.4 Å². The standard InChI is InChI=1S/C18H23N3O3/c1-2-8-20(17-11-14-6-7-15(12-17)19-14)18(22)10-13-4-3-5-16(9-13)21(23)24/h2-5,9,14-15,17,19H,1,6-8,10-12H2/t14-,15+,17+.